The van der Waals surface area contributed by atoms with Crippen molar-refractivity contribution >= 4 is 27.7 Å². The molecular weight excluding hydrogens is 368 g/mol. The van der Waals surface area contributed by atoms with Crippen LogP contribution in [0.25, 0.3) is 0 Å². The van der Waals surface area contributed by atoms with Gasteiger partial charge in [0.15, 0.2) is 0 Å². The molecule has 0 aromatic heterocycles. The second-order valence-corrected chi connectivity index (χ2v) is 7.48. The van der Waals surface area contributed by atoms with Gasteiger partial charge in [-0.2, -0.15) is 0 Å². The number of carbonyl (C=O) groups excluding carboxylic acids is 2. The second kappa shape index (κ2) is 9.21. The summed E-state index contributed by atoms with van der Waals surface area (Å²) in [6, 6.07) is 7.71. The first-order chi connectivity index (χ1) is 11.5. The van der Waals surface area contributed by atoms with Gasteiger partial charge in [0.25, 0.3) is 0 Å². The lowest BCUT2D eigenvalue weighted by Crippen LogP contribution is -2.49. The molecule has 1 aromatic rings. The molecule has 5 heteroatoms. The molecule has 1 N–H and O–H groups in total. The average molecular weight is 395 g/mol. The molecule has 1 atom stereocenters. The minimum atomic E-state index is -0.451. The summed E-state index contributed by atoms with van der Waals surface area (Å²) in [6.07, 6.45) is 5.71. The maximum Gasteiger partial charge on any atom is 0.242 e. The van der Waals surface area contributed by atoms with Gasteiger partial charge in [-0.3, -0.25) is 9.59 Å². The first-order valence-corrected chi connectivity index (χ1v) is 9.65. The van der Waals surface area contributed by atoms with Crippen LogP contribution in [0.15, 0.2) is 28.7 Å². The van der Waals surface area contributed by atoms with Crippen LogP contribution in [0.2, 0.25) is 0 Å². The van der Waals surface area contributed by atoms with E-state index in [2.05, 4.69) is 21.2 Å². The van der Waals surface area contributed by atoms with Gasteiger partial charge < -0.3 is 10.2 Å². The van der Waals surface area contributed by atoms with Crippen molar-refractivity contribution in [3.05, 3.63) is 34.3 Å². The summed E-state index contributed by atoms with van der Waals surface area (Å²) in [4.78, 5) is 26.8. The number of nitrogens with zero attached hydrogens (tertiary/aromatic N) is 1. The van der Waals surface area contributed by atoms with Crippen molar-refractivity contribution < 1.29 is 9.59 Å². The summed E-state index contributed by atoms with van der Waals surface area (Å²) in [5, 5.41) is 3.11. The van der Waals surface area contributed by atoms with Gasteiger partial charge >= 0.3 is 0 Å². The summed E-state index contributed by atoms with van der Waals surface area (Å²) >= 11 is 3.42. The highest BCUT2D eigenvalue weighted by atomic mass is 79.9. The highest BCUT2D eigenvalue weighted by Crippen LogP contribution is 2.19. The molecule has 1 aromatic carbocycles. The van der Waals surface area contributed by atoms with Gasteiger partial charge in [0.05, 0.1) is 0 Å². The van der Waals surface area contributed by atoms with E-state index >= 15 is 0 Å². The van der Waals surface area contributed by atoms with Gasteiger partial charge in [-0.1, -0.05) is 47.8 Å². The van der Waals surface area contributed by atoms with Crippen LogP contribution in [0.5, 0.6) is 0 Å². The molecule has 1 fully saturated rings. The lowest BCUT2D eigenvalue weighted by molar-refractivity contribution is -0.140. The highest BCUT2D eigenvalue weighted by Gasteiger charge is 2.27. The van der Waals surface area contributed by atoms with Crippen LogP contribution in [0, 0.1) is 0 Å². The number of benzene rings is 1. The molecule has 0 saturated heterocycles. The second-order valence-electron chi connectivity index (χ2n) is 6.56. The lowest BCUT2D eigenvalue weighted by Gasteiger charge is -2.29. The Bertz CT molecular complexity index is 553. The van der Waals surface area contributed by atoms with Crippen LogP contribution < -0.4 is 5.32 Å². The monoisotopic (exact) mass is 394 g/mol. The highest BCUT2D eigenvalue weighted by molar-refractivity contribution is 9.10. The zero-order chi connectivity index (χ0) is 17.5. The van der Waals surface area contributed by atoms with Crippen molar-refractivity contribution in [2.45, 2.75) is 71.0 Å². The lowest BCUT2D eigenvalue weighted by atomic mass is 10.1. The Morgan fingerprint density at radius 2 is 1.88 bits per heavy atom. The topological polar surface area (TPSA) is 49.4 Å². The molecule has 24 heavy (non-hydrogen) atoms. The SMILES string of the molecule is CCCC(=O)N(Cc1ccc(Br)cc1)[C@H](C)C(=O)NC1CCCC1. The van der Waals surface area contributed by atoms with E-state index in [-0.39, 0.29) is 17.9 Å². The normalized spacial score (nSPS) is 16.0. The molecule has 2 rings (SSSR count). The smallest absolute Gasteiger partial charge is 0.242 e. The van der Waals surface area contributed by atoms with Crippen molar-refractivity contribution in [3.63, 3.8) is 0 Å². The Labute approximate surface area is 153 Å². The Hall–Kier alpha value is -1.36. The van der Waals surface area contributed by atoms with Gasteiger partial charge in [0.1, 0.15) is 6.04 Å². The summed E-state index contributed by atoms with van der Waals surface area (Å²) in [6.45, 7) is 4.28. The van der Waals surface area contributed by atoms with Gasteiger partial charge in [0, 0.05) is 23.5 Å². The number of halogens is 1. The van der Waals surface area contributed by atoms with Gasteiger partial charge in [0.2, 0.25) is 11.8 Å². The van der Waals surface area contributed by atoms with Crippen molar-refractivity contribution in [3.8, 4) is 0 Å². The zero-order valence-electron chi connectivity index (χ0n) is 14.6. The molecule has 0 radical (unpaired) electrons. The van der Waals surface area contributed by atoms with Crippen molar-refractivity contribution in [2.24, 2.45) is 0 Å². The molecule has 1 saturated carbocycles. The predicted octanol–water partition coefficient (Wildman–Crippen LogP) is 4.03. The fraction of sp³-hybridized carbons (Fsp3) is 0.579. The Kier molecular flexibility index (Phi) is 7.28. The molecule has 132 valence electrons. The van der Waals surface area contributed by atoms with Crippen molar-refractivity contribution in [2.75, 3.05) is 0 Å². The van der Waals surface area contributed by atoms with E-state index in [0.717, 1.165) is 29.3 Å². The number of amides is 2. The summed E-state index contributed by atoms with van der Waals surface area (Å²) in [5.74, 6) is -0.00189. The van der Waals surface area contributed by atoms with Crippen LogP contribution in [0.4, 0.5) is 0 Å². The molecule has 0 bridgehead atoms. The molecule has 1 aliphatic carbocycles. The largest absolute Gasteiger partial charge is 0.352 e. The number of carbonyl (C=O) groups is 2. The van der Waals surface area contributed by atoms with E-state index in [9.17, 15) is 9.59 Å². The summed E-state index contributed by atoms with van der Waals surface area (Å²) < 4.78 is 1.00. The van der Waals surface area contributed by atoms with E-state index in [0.29, 0.717) is 13.0 Å². The molecule has 0 spiro atoms. The fourth-order valence-corrected chi connectivity index (χ4v) is 3.38. The van der Waals surface area contributed by atoms with E-state index in [1.807, 2.05) is 38.1 Å². The molecule has 0 unspecified atom stereocenters. The third kappa shape index (κ3) is 5.33. The van der Waals surface area contributed by atoms with E-state index in [4.69, 9.17) is 0 Å². The van der Waals surface area contributed by atoms with Gasteiger partial charge in [-0.15, -0.1) is 0 Å². The van der Waals surface area contributed by atoms with Crippen molar-refractivity contribution in [1.82, 2.24) is 10.2 Å². The predicted molar refractivity (Wildman–Crippen MR) is 99.5 cm³/mol. The molecule has 2 amide bonds. The maximum absolute atomic E-state index is 12.6. The first-order valence-electron chi connectivity index (χ1n) is 8.85. The number of hydrogen-bond donors (Lipinski definition) is 1. The maximum atomic E-state index is 12.6. The number of nitrogens with one attached hydrogen (secondary N) is 1. The summed E-state index contributed by atoms with van der Waals surface area (Å²) in [5.41, 5.74) is 1.03. The third-order valence-electron chi connectivity index (χ3n) is 4.60. The van der Waals surface area contributed by atoms with Gasteiger partial charge in [-0.25, -0.2) is 0 Å². The minimum Gasteiger partial charge on any atom is -0.352 e. The van der Waals surface area contributed by atoms with E-state index in [1.54, 1.807) is 4.90 Å². The van der Waals surface area contributed by atoms with Crippen LogP contribution >= 0.6 is 15.9 Å². The zero-order valence-corrected chi connectivity index (χ0v) is 16.1. The Balaban J connectivity index is 2.06. The van der Waals surface area contributed by atoms with Crippen LogP contribution in [0.1, 0.15) is 57.9 Å². The minimum absolute atomic E-state index is 0.0366. The number of rotatable bonds is 7. The average Bonchev–Trinajstić information content (AvgIpc) is 3.06. The first kappa shape index (κ1) is 19.0. The van der Waals surface area contributed by atoms with E-state index in [1.165, 1.54) is 12.8 Å². The molecule has 0 aliphatic heterocycles. The standard InChI is InChI=1S/C19H27BrN2O2/c1-3-6-18(23)22(13-15-9-11-16(20)12-10-15)14(2)19(24)21-17-7-4-5-8-17/h9-12,14,17H,3-8,13H2,1-2H3,(H,21,24)/t14-/m1/s1. The van der Waals surface area contributed by atoms with Crippen LogP contribution in [-0.2, 0) is 16.1 Å². The van der Waals surface area contributed by atoms with Crippen LogP contribution in [-0.4, -0.2) is 28.8 Å². The van der Waals surface area contributed by atoms with Crippen LogP contribution in [0.3, 0.4) is 0 Å². The molecule has 1 aliphatic rings. The van der Waals surface area contributed by atoms with Gasteiger partial charge in [-0.05, 0) is 43.9 Å². The van der Waals surface area contributed by atoms with Crippen molar-refractivity contribution in [1.29, 1.82) is 0 Å². The molecule has 0 heterocycles. The third-order valence-corrected chi connectivity index (χ3v) is 5.13. The molecule has 4 nitrogen and oxygen atoms in total. The Morgan fingerprint density at radius 1 is 1.25 bits per heavy atom. The Morgan fingerprint density at radius 3 is 2.46 bits per heavy atom. The van der Waals surface area contributed by atoms with E-state index < -0.39 is 6.04 Å². The summed E-state index contributed by atoms with van der Waals surface area (Å²) in [7, 11) is 0. The number of hydrogen-bond acceptors (Lipinski definition) is 2. The molecular formula is C19H27BrN2O2. The quantitative estimate of drug-likeness (QED) is 0.758. The fourth-order valence-electron chi connectivity index (χ4n) is 3.12.